The number of benzene rings is 1. The molecule has 0 unspecified atom stereocenters. The van der Waals surface area contributed by atoms with Crippen LogP contribution in [-0.4, -0.2) is 28.4 Å². The number of hydrogen-bond acceptors (Lipinski definition) is 4. The van der Waals surface area contributed by atoms with Crippen molar-refractivity contribution in [1.82, 2.24) is 9.88 Å². The summed E-state index contributed by atoms with van der Waals surface area (Å²) in [6.07, 6.45) is 2.34. The Morgan fingerprint density at radius 1 is 1.43 bits per heavy atom. The van der Waals surface area contributed by atoms with E-state index in [4.69, 9.17) is 11.0 Å². The lowest BCUT2D eigenvalue weighted by molar-refractivity contribution is 0.0741. The van der Waals surface area contributed by atoms with E-state index in [1.54, 1.807) is 11.0 Å². The molecule has 1 saturated carbocycles. The Hall–Kier alpha value is -2.61. The smallest absolute Gasteiger partial charge is 0.272 e. The third-order valence-corrected chi connectivity index (χ3v) is 3.70. The molecule has 0 atom stereocenters. The number of pyridine rings is 1. The molecule has 106 valence electrons. The van der Waals surface area contributed by atoms with Crippen molar-refractivity contribution in [3.05, 3.63) is 36.0 Å². The highest BCUT2D eigenvalue weighted by atomic mass is 16.2. The molecule has 1 fully saturated rings. The summed E-state index contributed by atoms with van der Waals surface area (Å²) in [7, 11) is 0. The molecule has 2 N–H and O–H groups in total. The van der Waals surface area contributed by atoms with Gasteiger partial charge in [-0.2, -0.15) is 5.26 Å². The summed E-state index contributed by atoms with van der Waals surface area (Å²) < 4.78 is 0. The molecule has 0 radical (unpaired) electrons. The van der Waals surface area contributed by atoms with Crippen molar-refractivity contribution in [1.29, 1.82) is 5.26 Å². The predicted molar refractivity (Wildman–Crippen MR) is 80.4 cm³/mol. The zero-order chi connectivity index (χ0) is 14.8. The molecule has 1 heterocycles. The SMILES string of the molecule is N#CCCN(C(=O)c1cc2ccccc2c(N)n1)C1CC1. The van der Waals surface area contributed by atoms with Crippen molar-refractivity contribution in [2.24, 2.45) is 0 Å². The maximum absolute atomic E-state index is 12.6. The first-order valence-electron chi connectivity index (χ1n) is 7.04. The first-order chi connectivity index (χ1) is 10.2. The number of nitrogens with two attached hydrogens (primary N) is 1. The molecule has 0 saturated heterocycles. The van der Waals surface area contributed by atoms with Gasteiger partial charge in [0.15, 0.2) is 0 Å². The standard InChI is InChI=1S/C16H16N4O/c17-8-3-9-20(12-6-7-12)16(21)14-10-11-4-1-2-5-13(11)15(18)19-14/h1-2,4-5,10,12H,3,6-7,9H2,(H2,18,19). The van der Waals surface area contributed by atoms with Crippen molar-refractivity contribution in [2.75, 3.05) is 12.3 Å². The number of fused-ring (bicyclic) bond motifs is 1. The summed E-state index contributed by atoms with van der Waals surface area (Å²) in [5.41, 5.74) is 6.31. The second-order valence-electron chi connectivity index (χ2n) is 5.25. The van der Waals surface area contributed by atoms with E-state index in [9.17, 15) is 4.79 Å². The number of nitrogen functional groups attached to an aromatic ring is 1. The fourth-order valence-electron chi connectivity index (χ4n) is 2.49. The van der Waals surface area contributed by atoms with E-state index in [0.29, 0.717) is 24.5 Å². The second kappa shape index (κ2) is 5.41. The lowest BCUT2D eigenvalue weighted by Crippen LogP contribution is -2.34. The number of nitrogens with zero attached hydrogens (tertiary/aromatic N) is 3. The van der Waals surface area contributed by atoms with Crippen LogP contribution in [0.4, 0.5) is 5.82 Å². The van der Waals surface area contributed by atoms with E-state index >= 15 is 0 Å². The maximum Gasteiger partial charge on any atom is 0.272 e. The summed E-state index contributed by atoms with van der Waals surface area (Å²) in [6.45, 7) is 0.453. The number of anilines is 1. The zero-order valence-corrected chi connectivity index (χ0v) is 11.6. The van der Waals surface area contributed by atoms with Crippen molar-refractivity contribution in [3.8, 4) is 6.07 Å². The van der Waals surface area contributed by atoms with Gasteiger partial charge in [0.2, 0.25) is 0 Å². The number of hydrogen-bond donors (Lipinski definition) is 1. The van der Waals surface area contributed by atoms with Crippen LogP contribution in [0.15, 0.2) is 30.3 Å². The zero-order valence-electron chi connectivity index (χ0n) is 11.6. The quantitative estimate of drug-likeness (QED) is 0.931. The lowest BCUT2D eigenvalue weighted by Gasteiger charge is -2.21. The molecule has 1 aliphatic rings. The molecule has 21 heavy (non-hydrogen) atoms. The average Bonchev–Trinajstić information content (AvgIpc) is 3.32. The van der Waals surface area contributed by atoms with E-state index in [1.165, 1.54) is 0 Å². The molecule has 5 heteroatoms. The van der Waals surface area contributed by atoms with Crippen molar-refractivity contribution in [3.63, 3.8) is 0 Å². The molecule has 1 amide bonds. The minimum Gasteiger partial charge on any atom is -0.383 e. The molecule has 0 spiro atoms. The third kappa shape index (κ3) is 2.65. The third-order valence-electron chi connectivity index (χ3n) is 3.70. The van der Waals surface area contributed by atoms with Gasteiger partial charge in [-0.05, 0) is 24.3 Å². The normalized spacial score (nSPS) is 13.9. The Bertz CT molecular complexity index is 731. The topological polar surface area (TPSA) is 83.0 Å². The van der Waals surface area contributed by atoms with Gasteiger partial charge in [-0.25, -0.2) is 4.98 Å². The molecule has 2 aromatic rings. The van der Waals surface area contributed by atoms with Crippen LogP contribution in [0.1, 0.15) is 29.8 Å². The first-order valence-corrected chi connectivity index (χ1v) is 7.04. The molecular formula is C16H16N4O. The molecule has 3 rings (SSSR count). The van der Waals surface area contributed by atoms with Gasteiger partial charge in [0.05, 0.1) is 12.5 Å². The van der Waals surface area contributed by atoms with Crippen LogP contribution in [0.5, 0.6) is 0 Å². The van der Waals surface area contributed by atoms with Gasteiger partial charge >= 0.3 is 0 Å². The predicted octanol–water partition coefficient (Wildman–Crippen LogP) is 2.34. The summed E-state index contributed by atoms with van der Waals surface area (Å²) in [5, 5.41) is 10.5. The molecule has 0 aliphatic heterocycles. The number of aromatic nitrogens is 1. The van der Waals surface area contributed by atoms with E-state index in [2.05, 4.69) is 11.1 Å². The van der Waals surface area contributed by atoms with E-state index in [-0.39, 0.29) is 11.9 Å². The van der Waals surface area contributed by atoms with Crippen LogP contribution in [0.2, 0.25) is 0 Å². The van der Waals surface area contributed by atoms with Crippen LogP contribution >= 0.6 is 0 Å². The Morgan fingerprint density at radius 3 is 2.90 bits per heavy atom. The molecule has 1 aromatic carbocycles. The Balaban J connectivity index is 1.95. The van der Waals surface area contributed by atoms with Crippen LogP contribution in [-0.2, 0) is 0 Å². The minimum atomic E-state index is -0.134. The van der Waals surface area contributed by atoms with Crippen LogP contribution in [0.25, 0.3) is 10.8 Å². The largest absolute Gasteiger partial charge is 0.383 e. The summed E-state index contributed by atoms with van der Waals surface area (Å²) in [5.74, 6) is 0.234. The van der Waals surface area contributed by atoms with E-state index < -0.39 is 0 Å². The molecule has 1 aromatic heterocycles. The molecular weight excluding hydrogens is 264 g/mol. The van der Waals surface area contributed by atoms with Gasteiger partial charge in [-0.15, -0.1) is 0 Å². The minimum absolute atomic E-state index is 0.134. The van der Waals surface area contributed by atoms with Crippen LogP contribution in [0, 0.1) is 11.3 Å². The van der Waals surface area contributed by atoms with Crippen molar-refractivity contribution in [2.45, 2.75) is 25.3 Å². The molecule has 0 bridgehead atoms. The number of rotatable bonds is 4. The fraction of sp³-hybridized carbons (Fsp3) is 0.312. The van der Waals surface area contributed by atoms with Crippen molar-refractivity contribution >= 4 is 22.5 Å². The van der Waals surface area contributed by atoms with Gasteiger partial charge in [-0.3, -0.25) is 4.79 Å². The number of amides is 1. The van der Waals surface area contributed by atoms with E-state index in [1.807, 2.05) is 24.3 Å². The van der Waals surface area contributed by atoms with Gasteiger partial charge in [0.1, 0.15) is 11.5 Å². The van der Waals surface area contributed by atoms with Crippen LogP contribution < -0.4 is 5.73 Å². The highest BCUT2D eigenvalue weighted by molar-refractivity contribution is 6.00. The fourth-order valence-corrected chi connectivity index (χ4v) is 2.49. The van der Waals surface area contributed by atoms with Gasteiger partial charge < -0.3 is 10.6 Å². The lowest BCUT2D eigenvalue weighted by atomic mass is 10.1. The van der Waals surface area contributed by atoms with Gasteiger partial charge in [0.25, 0.3) is 5.91 Å². The van der Waals surface area contributed by atoms with Gasteiger partial charge in [-0.1, -0.05) is 24.3 Å². The number of carbonyl (C=O) groups is 1. The Morgan fingerprint density at radius 2 is 2.19 bits per heavy atom. The van der Waals surface area contributed by atoms with Gasteiger partial charge in [0, 0.05) is 18.0 Å². The number of carbonyl (C=O) groups excluding carboxylic acids is 1. The Labute approximate surface area is 123 Å². The summed E-state index contributed by atoms with van der Waals surface area (Å²) in [6, 6.07) is 11.7. The average molecular weight is 280 g/mol. The summed E-state index contributed by atoms with van der Waals surface area (Å²) >= 11 is 0. The highest BCUT2D eigenvalue weighted by Gasteiger charge is 2.33. The molecule has 1 aliphatic carbocycles. The van der Waals surface area contributed by atoms with Crippen LogP contribution in [0.3, 0.4) is 0 Å². The van der Waals surface area contributed by atoms with E-state index in [0.717, 1.165) is 23.6 Å². The first kappa shape index (κ1) is 13.4. The monoisotopic (exact) mass is 280 g/mol. The van der Waals surface area contributed by atoms with Crippen molar-refractivity contribution < 1.29 is 4.79 Å². The summed E-state index contributed by atoms with van der Waals surface area (Å²) in [4.78, 5) is 18.6. The second-order valence-corrected chi connectivity index (χ2v) is 5.25. The Kier molecular flexibility index (Phi) is 3.44. The number of nitriles is 1. The maximum atomic E-state index is 12.6. The molecule has 5 nitrogen and oxygen atoms in total. The highest BCUT2D eigenvalue weighted by Crippen LogP contribution is 2.29.